The molecule has 0 unspecified atom stereocenters. The second-order valence-electron chi connectivity index (χ2n) is 4.06. The van der Waals surface area contributed by atoms with Crippen LogP contribution < -0.4 is 4.74 Å². The Hall–Kier alpha value is -0.730. The predicted octanol–water partition coefficient (Wildman–Crippen LogP) is 2.97. The van der Waals surface area contributed by atoms with Gasteiger partial charge >= 0.3 is 0 Å². The molecular weight excluding hydrogens is 222 g/mol. The number of para-hydroxylation sites is 1. The maximum Gasteiger partial charge on any atom is 0.119 e. The van der Waals surface area contributed by atoms with Crippen molar-refractivity contribution in [3.8, 4) is 5.75 Å². The van der Waals surface area contributed by atoms with Crippen LogP contribution in [0.15, 0.2) is 30.3 Å². The van der Waals surface area contributed by atoms with Crippen LogP contribution in [0.25, 0.3) is 0 Å². The Kier molecular flexibility index (Phi) is 6.27. The van der Waals surface area contributed by atoms with Crippen LogP contribution in [-0.2, 0) is 0 Å². The van der Waals surface area contributed by atoms with Crippen molar-refractivity contribution < 1.29 is 4.74 Å². The molecule has 1 aromatic rings. The van der Waals surface area contributed by atoms with Crippen molar-refractivity contribution in [1.82, 2.24) is 4.90 Å². The quantitative estimate of drug-likeness (QED) is 0.804. The Bertz CT molecular complexity index is 273. The van der Waals surface area contributed by atoms with E-state index in [2.05, 4.69) is 4.90 Å². The maximum atomic E-state index is 5.67. The van der Waals surface area contributed by atoms with E-state index < -0.39 is 0 Å². The number of hydrogen-bond acceptors (Lipinski definition) is 2. The van der Waals surface area contributed by atoms with Gasteiger partial charge in [-0.1, -0.05) is 24.6 Å². The molecule has 0 bridgehead atoms. The summed E-state index contributed by atoms with van der Waals surface area (Å²) in [6.45, 7) is 4.37. The molecule has 16 heavy (non-hydrogen) atoms. The topological polar surface area (TPSA) is 12.5 Å². The first kappa shape index (κ1) is 13.3. The molecule has 1 heterocycles. The molecule has 2 nitrogen and oxygen atoms in total. The maximum absolute atomic E-state index is 5.67. The number of benzene rings is 1. The van der Waals surface area contributed by atoms with Crippen LogP contribution in [0.3, 0.4) is 0 Å². The van der Waals surface area contributed by atoms with Gasteiger partial charge in [-0.05, 0) is 38.1 Å². The van der Waals surface area contributed by atoms with E-state index in [1.807, 2.05) is 30.3 Å². The molecule has 2 rings (SSSR count). The highest BCUT2D eigenvalue weighted by Gasteiger charge is 2.09. The summed E-state index contributed by atoms with van der Waals surface area (Å²) in [5, 5.41) is 0. The normalized spacial score (nSPS) is 16.5. The van der Waals surface area contributed by atoms with Gasteiger partial charge in [0, 0.05) is 6.54 Å². The average molecular weight is 242 g/mol. The Morgan fingerprint density at radius 1 is 1.00 bits per heavy atom. The number of rotatable bonds is 4. The molecule has 1 aliphatic rings. The summed E-state index contributed by atoms with van der Waals surface area (Å²) in [5.74, 6) is 0.981. The molecule has 1 aromatic carbocycles. The Balaban J connectivity index is 0.00000128. The molecule has 0 spiro atoms. The molecule has 0 atom stereocenters. The van der Waals surface area contributed by atoms with Crippen molar-refractivity contribution in [2.24, 2.45) is 0 Å². The highest BCUT2D eigenvalue weighted by Crippen LogP contribution is 2.10. The zero-order valence-electron chi connectivity index (χ0n) is 9.60. The van der Waals surface area contributed by atoms with Crippen molar-refractivity contribution in [3.05, 3.63) is 30.3 Å². The molecule has 1 fully saturated rings. The standard InChI is InChI=1S/C13H19NO.ClH/c1-3-7-13(8-4-1)15-12-11-14-9-5-2-6-10-14;/h1,3-4,7-8H,2,5-6,9-12H2;1H. The summed E-state index contributed by atoms with van der Waals surface area (Å²) in [6.07, 6.45) is 4.10. The zero-order chi connectivity index (χ0) is 10.3. The summed E-state index contributed by atoms with van der Waals surface area (Å²) in [4.78, 5) is 2.49. The summed E-state index contributed by atoms with van der Waals surface area (Å²) in [6, 6.07) is 10.1. The second kappa shape index (κ2) is 7.53. The van der Waals surface area contributed by atoms with Crippen LogP contribution in [0.1, 0.15) is 19.3 Å². The van der Waals surface area contributed by atoms with Crippen LogP contribution in [0.4, 0.5) is 0 Å². The molecule has 0 radical (unpaired) electrons. The van der Waals surface area contributed by atoms with Gasteiger partial charge in [0.05, 0.1) is 0 Å². The summed E-state index contributed by atoms with van der Waals surface area (Å²) < 4.78 is 5.67. The predicted molar refractivity (Wildman–Crippen MR) is 69.5 cm³/mol. The van der Waals surface area contributed by atoms with Crippen molar-refractivity contribution in [2.75, 3.05) is 26.2 Å². The van der Waals surface area contributed by atoms with Gasteiger partial charge in [0.25, 0.3) is 0 Å². The summed E-state index contributed by atoms with van der Waals surface area (Å²) in [7, 11) is 0. The highest BCUT2D eigenvalue weighted by molar-refractivity contribution is 5.85. The van der Waals surface area contributed by atoms with Crippen LogP contribution in [0.5, 0.6) is 5.75 Å². The van der Waals surface area contributed by atoms with E-state index in [0.29, 0.717) is 0 Å². The molecule has 0 amide bonds. The van der Waals surface area contributed by atoms with E-state index in [-0.39, 0.29) is 12.4 Å². The van der Waals surface area contributed by atoms with Crippen LogP contribution in [-0.4, -0.2) is 31.1 Å². The molecule has 0 aliphatic carbocycles. The second-order valence-corrected chi connectivity index (χ2v) is 4.06. The number of hydrogen-bond donors (Lipinski definition) is 0. The molecule has 0 aromatic heterocycles. The third-order valence-electron chi connectivity index (χ3n) is 2.87. The lowest BCUT2D eigenvalue weighted by atomic mass is 10.1. The number of likely N-dealkylation sites (tertiary alicyclic amines) is 1. The van der Waals surface area contributed by atoms with E-state index >= 15 is 0 Å². The molecule has 1 saturated heterocycles. The zero-order valence-corrected chi connectivity index (χ0v) is 10.4. The molecule has 0 N–H and O–H groups in total. The van der Waals surface area contributed by atoms with Crippen molar-refractivity contribution >= 4 is 12.4 Å². The van der Waals surface area contributed by atoms with Gasteiger partial charge < -0.3 is 4.74 Å². The SMILES string of the molecule is Cl.c1ccc(OCCN2CCCCC2)cc1. The van der Waals surface area contributed by atoms with Crippen LogP contribution >= 0.6 is 12.4 Å². The molecule has 1 aliphatic heterocycles. The highest BCUT2D eigenvalue weighted by atomic mass is 35.5. The van der Waals surface area contributed by atoms with Crippen molar-refractivity contribution in [2.45, 2.75) is 19.3 Å². The van der Waals surface area contributed by atoms with Gasteiger partial charge in [0.15, 0.2) is 0 Å². The van der Waals surface area contributed by atoms with Crippen LogP contribution in [0.2, 0.25) is 0 Å². The molecular formula is C13H20ClNO. The average Bonchev–Trinajstić information content (AvgIpc) is 2.32. The van der Waals surface area contributed by atoms with E-state index in [4.69, 9.17) is 4.74 Å². The Morgan fingerprint density at radius 3 is 2.38 bits per heavy atom. The largest absolute Gasteiger partial charge is 0.492 e. The van der Waals surface area contributed by atoms with Crippen molar-refractivity contribution in [1.29, 1.82) is 0 Å². The number of halogens is 1. The molecule has 0 saturated carbocycles. The van der Waals surface area contributed by atoms with Gasteiger partial charge in [0.1, 0.15) is 12.4 Å². The first-order chi connectivity index (χ1) is 7.45. The molecule has 90 valence electrons. The van der Waals surface area contributed by atoms with E-state index in [1.165, 1.54) is 32.4 Å². The Labute approximate surface area is 104 Å². The smallest absolute Gasteiger partial charge is 0.119 e. The van der Waals surface area contributed by atoms with Gasteiger partial charge in [0.2, 0.25) is 0 Å². The Morgan fingerprint density at radius 2 is 1.69 bits per heavy atom. The lowest BCUT2D eigenvalue weighted by Crippen LogP contribution is -2.33. The monoisotopic (exact) mass is 241 g/mol. The fraction of sp³-hybridized carbons (Fsp3) is 0.538. The minimum absolute atomic E-state index is 0. The third-order valence-corrected chi connectivity index (χ3v) is 2.87. The van der Waals surface area contributed by atoms with Crippen molar-refractivity contribution in [3.63, 3.8) is 0 Å². The first-order valence-corrected chi connectivity index (χ1v) is 5.85. The van der Waals surface area contributed by atoms with Gasteiger partial charge in [-0.15, -0.1) is 12.4 Å². The fourth-order valence-corrected chi connectivity index (χ4v) is 1.99. The number of nitrogens with zero attached hydrogens (tertiary/aromatic N) is 1. The van der Waals surface area contributed by atoms with Gasteiger partial charge in [-0.3, -0.25) is 4.90 Å². The lowest BCUT2D eigenvalue weighted by molar-refractivity contribution is 0.183. The number of ether oxygens (including phenoxy) is 1. The van der Waals surface area contributed by atoms with Gasteiger partial charge in [-0.2, -0.15) is 0 Å². The number of piperidine rings is 1. The molecule has 3 heteroatoms. The van der Waals surface area contributed by atoms with Crippen LogP contribution in [0, 0.1) is 0 Å². The van der Waals surface area contributed by atoms with E-state index in [9.17, 15) is 0 Å². The van der Waals surface area contributed by atoms with E-state index in [0.717, 1.165) is 18.9 Å². The minimum Gasteiger partial charge on any atom is -0.492 e. The van der Waals surface area contributed by atoms with E-state index in [1.54, 1.807) is 0 Å². The van der Waals surface area contributed by atoms with Gasteiger partial charge in [-0.25, -0.2) is 0 Å². The summed E-state index contributed by atoms with van der Waals surface area (Å²) in [5.41, 5.74) is 0. The summed E-state index contributed by atoms with van der Waals surface area (Å²) >= 11 is 0. The fourth-order valence-electron chi connectivity index (χ4n) is 1.99. The lowest BCUT2D eigenvalue weighted by Gasteiger charge is -2.26. The minimum atomic E-state index is 0. The third kappa shape index (κ3) is 4.42. The first-order valence-electron chi connectivity index (χ1n) is 5.85.